The number of nitrogens with zero attached hydrogens (tertiary/aromatic N) is 5. The summed E-state index contributed by atoms with van der Waals surface area (Å²) in [7, 11) is 3.96. The number of hydrogen-bond donors (Lipinski definition) is 0. The third kappa shape index (κ3) is 1.93. The molecule has 0 bridgehead atoms. The van der Waals surface area contributed by atoms with Gasteiger partial charge in [0.2, 0.25) is 0 Å². The lowest BCUT2D eigenvalue weighted by atomic mass is 10.3. The van der Waals surface area contributed by atoms with Gasteiger partial charge in [-0.25, -0.2) is 9.97 Å². The fourth-order valence-electron chi connectivity index (χ4n) is 2.11. The number of pyridine rings is 2. The van der Waals surface area contributed by atoms with Crippen molar-refractivity contribution >= 4 is 17.0 Å². The Labute approximate surface area is 111 Å². The second-order valence-corrected chi connectivity index (χ2v) is 4.61. The lowest BCUT2D eigenvalue weighted by Crippen LogP contribution is -2.10. The minimum atomic E-state index is 0.870. The van der Waals surface area contributed by atoms with Crippen molar-refractivity contribution in [1.82, 2.24) is 19.5 Å². The molecular formula is C14H15N5. The van der Waals surface area contributed by atoms with E-state index in [4.69, 9.17) is 0 Å². The van der Waals surface area contributed by atoms with Crippen molar-refractivity contribution in [1.29, 1.82) is 0 Å². The Morgan fingerprint density at radius 2 is 1.74 bits per heavy atom. The molecule has 0 saturated carbocycles. The summed E-state index contributed by atoms with van der Waals surface area (Å²) in [4.78, 5) is 15.3. The fraction of sp³-hybridized carbons (Fsp3) is 0.214. The third-order valence-electron chi connectivity index (χ3n) is 3.04. The van der Waals surface area contributed by atoms with Crippen LogP contribution in [-0.2, 0) is 0 Å². The summed E-state index contributed by atoms with van der Waals surface area (Å²) in [5.41, 5.74) is 2.80. The number of rotatable bonds is 2. The van der Waals surface area contributed by atoms with Gasteiger partial charge in [0.25, 0.3) is 0 Å². The van der Waals surface area contributed by atoms with Crippen LogP contribution >= 0.6 is 0 Å². The summed E-state index contributed by atoms with van der Waals surface area (Å²) in [6.45, 7) is 1.98. The molecular weight excluding hydrogens is 238 g/mol. The fourth-order valence-corrected chi connectivity index (χ4v) is 2.11. The lowest BCUT2D eigenvalue weighted by Gasteiger charge is -2.11. The second-order valence-electron chi connectivity index (χ2n) is 4.61. The summed E-state index contributed by atoms with van der Waals surface area (Å²) in [5.74, 6) is 1.84. The third-order valence-corrected chi connectivity index (χ3v) is 3.04. The molecule has 0 aliphatic rings. The molecule has 3 rings (SSSR count). The molecule has 5 nitrogen and oxygen atoms in total. The predicted molar refractivity (Wildman–Crippen MR) is 75.7 cm³/mol. The van der Waals surface area contributed by atoms with Gasteiger partial charge in [-0.05, 0) is 31.2 Å². The van der Waals surface area contributed by atoms with Crippen LogP contribution < -0.4 is 4.90 Å². The first kappa shape index (κ1) is 11.6. The minimum Gasteiger partial charge on any atom is -0.363 e. The highest BCUT2D eigenvalue weighted by Gasteiger charge is 2.11. The van der Waals surface area contributed by atoms with Crippen LogP contribution in [0.15, 0.2) is 36.7 Å². The molecule has 5 heteroatoms. The molecule has 0 N–H and O–H groups in total. The van der Waals surface area contributed by atoms with Gasteiger partial charge in [0.1, 0.15) is 17.2 Å². The molecule has 0 saturated heterocycles. The van der Waals surface area contributed by atoms with Crippen LogP contribution in [0.5, 0.6) is 0 Å². The monoisotopic (exact) mass is 253 g/mol. The molecule has 0 unspecified atom stereocenters. The van der Waals surface area contributed by atoms with E-state index in [1.165, 1.54) is 0 Å². The summed E-state index contributed by atoms with van der Waals surface area (Å²) >= 11 is 0. The Bertz CT molecular complexity index is 715. The van der Waals surface area contributed by atoms with Crippen LogP contribution in [0, 0.1) is 6.92 Å². The van der Waals surface area contributed by atoms with Crippen LogP contribution in [0.25, 0.3) is 16.9 Å². The first-order chi connectivity index (χ1) is 9.16. The summed E-state index contributed by atoms with van der Waals surface area (Å²) < 4.78 is 2.05. The smallest absolute Gasteiger partial charge is 0.167 e. The maximum atomic E-state index is 4.68. The molecule has 3 aromatic heterocycles. The summed E-state index contributed by atoms with van der Waals surface area (Å²) in [6.07, 6.45) is 3.55. The number of anilines is 1. The molecule has 19 heavy (non-hydrogen) atoms. The van der Waals surface area contributed by atoms with Crippen molar-refractivity contribution in [3.63, 3.8) is 0 Å². The number of fused-ring (bicyclic) bond motifs is 1. The molecule has 0 aliphatic heterocycles. The van der Waals surface area contributed by atoms with Gasteiger partial charge in [0.15, 0.2) is 5.65 Å². The molecule has 0 spiro atoms. The molecule has 0 amide bonds. The van der Waals surface area contributed by atoms with Crippen LogP contribution in [0.2, 0.25) is 0 Å². The number of aryl methyl sites for hydroxylation is 1. The standard InChI is InChI=1S/C14H15N5/c1-10-16-12-4-5-13(18(2)3)17-14(12)19(10)11-6-8-15-9-7-11/h4-9H,1-3H3. The van der Waals surface area contributed by atoms with E-state index < -0.39 is 0 Å². The first-order valence-electron chi connectivity index (χ1n) is 6.10. The first-order valence-corrected chi connectivity index (χ1v) is 6.10. The van der Waals surface area contributed by atoms with Gasteiger partial charge in [-0.3, -0.25) is 9.55 Å². The normalized spacial score (nSPS) is 10.9. The van der Waals surface area contributed by atoms with Crippen molar-refractivity contribution in [3.05, 3.63) is 42.5 Å². The molecule has 0 aliphatic carbocycles. The molecule has 0 atom stereocenters. The van der Waals surface area contributed by atoms with E-state index in [1.807, 2.05) is 54.8 Å². The van der Waals surface area contributed by atoms with E-state index in [1.54, 1.807) is 12.4 Å². The highest BCUT2D eigenvalue weighted by molar-refractivity contribution is 5.76. The van der Waals surface area contributed by atoms with Crippen molar-refractivity contribution in [2.24, 2.45) is 0 Å². The number of hydrogen-bond acceptors (Lipinski definition) is 4. The van der Waals surface area contributed by atoms with Gasteiger partial charge in [0.05, 0.1) is 5.69 Å². The summed E-state index contributed by atoms with van der Waals surface area (Å²) in [5, 5.41) is 0. The zero-order chi connectivity index (χ0) is 13.4. The average Bonchev–Trinajstić information content (AvgIpc) is 2.74. The van der Waals surface area contributed by atoms with E-state index in [-0.39, 0.29) is 0 Å². The largest absolute Gasteiger partial charge is 0.363 e. The van der Waals surface area contributed by atoms with E-state index in [0.717, 1.165) is 28.5 Å². The van der Waals surface area contributed by atoms with Crippen molar-refractivity contribution in [2.45, 2.75) is 6.92 Å². The lowest BCUT2D eigenvalue weighted by molar-refractivity contribution is 0.976. The SMILES string of the molecule is Cc1nc2ccc(N(C)C)nc2n1-c1ccncc1. The van der Waals surface area contributed by atoms with Crippen LogP contribution in [0.3, 0.4) is 0 Å². The zero-order valence-corrected chi connectivity index (χ0v) is 11.2. The Morgan fingerprint density at radius 3 is 2.42 bits per heavy atom. The quantitative estimate of drug-likeness (QED) is 0.702. The Kier molecular flexibility index (Phi) is 2.67. The Hall–Kier alpha value is -2.43. The Morgan fingerprint density at radius 1 is 1.00 bits per heavy atom. The average molecular weight is 253 g/mol. The van der Waals surface area contributed by atoms with E-state index >= 15 is 0 Å². The van der Waals surface area contributed by atoms with Crippen molar-refractivity contribution in [2.75, 3.05) is 19.0 Å². The van der Waals surface area contributed by atoms with Crippen LogP contribution in [-0.4, -0.2) is 33.6 Å². The summed E-state index contributed by atoms with van der Waals surface area (Å²) in [6, 6.07) is 7.89. The molecule has 96 valence electrons. The molecule has 0 aromatic carbocycles. The molecule has 3 heterocycles. The van der Waals surface area contributed by atoms with Gasteiger partial charge < -0.3 is 4.90 Å². The van der Waals surface area contributed by atoms with Gasteiger partial charge in [-0.1, -0.05) is 0 Å². The van der Waals surface area contributed by atoms with Crippen LogP contribution in [0.4, 0.5) is 5.82 Å². The zero-order valence-electron chi connectivity index (χ0n) is 11.2. The molecule has 0 radical (unpaired) electrons. The second kappa shape index (κ2) is 4.35. The van der Waals surface area contributed by atoms with E-state index in [2.05, 4.69) is 15.0 Å². The topological polar surface area (TPSA) is 46.8 Å². The maximum absolute atomic E-state index is 4.68. The van der Waals surface area contributed by atoms with Gasteiger partial charge >= 0.3 is 0 Å². The number of imidazole rings is 1. The van der Waals surface area contributed by atoms with Crippen molar-refractivity contribution in [3.8, 4) is 5.69 Å². The van der Waals surface area contributed by atoms with Gasteiger partial charge in [-0.2, -0.15) is 0 Å². The van der Waals surface area contributed by atoms with Gasteiger partial charge in [0, 0.05) is 26.5 Å². The van der Waals surface area contributed by atoms with Gasteiger partial charge in [-0.15, -0.1) is 0 Å². The van der Waals surface area contributed by atoms with Crippen molar-refractivity contribution < 1.29 is 0 Å². The molecule has 3 aromatic rings. The Balaban J connectivity index is 2.29. The highest BCUT2D eigenvalue weighted by atomic mass is 15.2. The maximum Gasteiger partial charge on any atom is 0.167 e. The van der Waals surface area contributed by atoms with E-state index in [0.29, 0.717) is 0 Å². The van der Waals surface area contributed by atoms with E-state index in [9.17, 15) is 0 Å². The number of aromatic nitrogens is 4. The molecule has 0 fully saturated rings. The highest BCUT2D eigenvalue weighted by Crippen LogP contribution is 2.21. The minimum absolute atomic E-state index is 0.870. The predicted octanol–water partition coefficient (Wildman–Crippen LogP) is 2.19. The van der Waals surface area contributed by atoms with Crippen LogP contribution in [0.1, 0.15) is 5.82 Å².